The van der Waals surface area contributed by atoms with Gasteiger partial charge in [0.15, 0.2) is 11.5 Å². The highest BCUT2D eigenvalue weighted by atomic mass is 16.5. The van der Waals surface area contributed by atoms with Crippen molar-refractivity contribution in [3.63, 3.8) is 0 Å². The predicted octanol–water partition coefficient (Wildman–Crippen LogP) is 2.85. The van der Waals surface area contributed by atoms with Crippen LogP contribution in [0.3, 0.4) is 0 Å². The topological polar surface area (TPSA) is 72.8 Å². The molecular formula is C16H22O5. The molecule has 1 aromatic rings. The third kappa shape index (κ3) is 5.45. The van der Waals surface area contributed by atoms with Gasteiger partial charge in [-0.1, -0.05) is 38.3 Å². The van der Waals surface area contributed by atoms with Crippen LogP contribution >= 0.6 is 0 Å². The number of ether oxygens (including phenoxy) is 2. The Morgan fingerprint density at radius 2 is 1.95 bits per heavy atom. The molecule has 0 unspecified atom stereocenters. The van der Waals surface area contributed by atoms with E-state index in [1.54, 1.807) is 18.2 Å². The number of hydrogen-bond acceptors (Lipinski definition) is 4. The van der Waals surface area contributed by atoms with Crippen molar-refractivity contribution in [1.82, 2.24) is 0 Å². The predicted molar refractivity (Wildman–Crippen MR) is 79.0 cm³/mol. The van der Waals surface area contributed by atoms with Crippen LogP contribution in [0.15, 0.2) is 18.2 Å². The molecule has 0 heterocycles. The van der Waals surface area contributed by atoms with Crippen LogP contribution in [-0.2, 0) is 16.0 Å². The molecule has 0 atom stereocenters. The van der Waals surface area contributed by atoms with E-state index >= 15 is 0 Å². The fourth-order valence-corrected chi connectivity index (χ4v) is 2.01. The van der Waals surface area contributed by atoms with Crippen LogP contribution in [0.1, 0.15) is 38.2 Å². The van der Waals surface area contributed by atoms with E-state index in [0.717, 1.165) is 19.3 Å². The second-order valence-electron chi connectivity index (χ2n) is 4.76. The molecule has 1 aromatic carbocycles. The quantitative estimate of drug-likeness (QED) is 0.530. The van der Waals surface area contributed by atoms with E-state index in [0.29, 0.717) is 23.7 Å². The van der Waals surface area contributed by atoms with Crippen LogP contribution in [-0.4, -0.2) is 30.6 Å². The SMILES string of the molecule is CCCCCCOc1cccc(CC(=O)C(=O)O)c1OC. The third-order valence-electron chi connectivity index (χ3n) is 3.11. The van der Waals surface area contributed by atoms with Gasteiger partial charge >= 0.3 is 5.97 Å². The second-order valence-corrected chi connectivity index (χ2v) is 4.76. The van der Waals surface area contributed by atoms with E-state index in [9.17, 15) is 9.59 Å². The first kappa shape index (κ1) is 17.0. The molecule has 1 rings (SSSR count). The summed E-state index contributed by atoms with van der Waals surface area (Å²) in [6.07, 6.45) is 4.20. The Morgan fingerprint density at radius 1 is 1.19 bits per heavy atom. The number of carboxylic acids is 1. The smallest absolute Gasteiger partial charge is 0.372 e. The Bertz CT molecular complexity index is 482. The average molecular weight is 294 g/mol. The average Bonchev–Trinajstić information content (AvgIpc) is 2.47. The number of para-hydroxylation sites is 1. The van der Waals surface area contributed by atoms with Gasteiger partial charge in [0.05, 0.1) is 13.7 Å². The molecule has 0 aromatic heterocycles. The number of aliphatic carboxylic acids is 1. The van der Waals surface area contributed by atoms with Crippen LogP contribution in [0, 0.1) is 0 Å². The fraction of sp³-hybridized carbons (Fsp3) is 0.500. The Kier molecular flexibility index (Phi) is 7.29. The van der Waals surface area contributed by atoms with Gasteiger partial charge < -0.3 is 14.6 Å². The third-order valence-corrected chi connectivity index (χ3v) is 3.11. The lowest BCUT2D eigenvalue weighted by Gasteiger charge is -2.13. The Labute approximate surface area is 124 Å². The van der Waals surface area contributed by atoms with Crippen molar-refractivity contribution in [2.45, 2.75) is 39.0 Å². The highest BCUT2D eigenvalue weighted by Gasteiger charge is 2.17. The van der Waals surface area contributed by atoms with E-state index in [1.807, 2.05) is 0 Å². The second kappa shape index (κ2) is 9.00. The number of carbonyl (C=O) groups excluding carboxylic acids is 1. The molecule has 0 bridgehead atoms. The lowest BCUT2D eigenvalue weighted by Crippen LogP contribution is -2.15. The van der Waals surface area contributed by atoms with Crippen molar-refractivity contribution >= 4 is 11.8 Å². The van der Waals surface area contributed by atoms with Crippen LogP contribution in [0.4, 0.5) is 0 Å². The number of ketones is 1. The van der Waals surface area contributed by atoms with E-state index in [-0.39, 0.29) is 6.42 Å². The van der Waals surface area contributed by atoms with Gasteiger partial charge in [0, 0.05) is 12.0 Å². The monoisotopic (exact) mass is 294 g/mol. The van der Waals surface area contributed by atoms with Gasteiger partial charge in [0.1, 0.15) is 0 Å². The Morgan fingerprint density at radius 3 is 2.57 bits per heavy atom. The summed E-state index contributed by atoms with van der Waals surface area (Å²) in [4.78, 5) is 22.0. The van der Waals surface area contributed by atoms with Gasteiger partial charge in [0.2, 0.25) is 5.78 Å². The van der Waals surface area contributed by atoms with E-state index in [4.69, 9.17) is 14.6 Å². The number of benzene rings is 1. The molecule has 21 heavy (non-hydrogen) atoms. The number of Topliss-reactive ketones (excluding diaryl/α,β-unsaturated/α-hetero) is 1. The van der Waals surface area contributed by atoms with Crippen LogP contribution in [0.5, 0.6) is 11.5 Å². The zero-order valence-corrected chi connectivity index (χ0v) is 12.6. The summed E-state index contributed by atoms with van der Waals surface area (Å²) in [7, 11) is 1.48. The highest BCUT2D eigenvalue weighted by Crippen LogP contribution is 2.31. The van der Waals surface area contributed by atoms with Gasteiger partial charge in [0.25, 0.3) is 0 Å². The maximum absolute atomic E-state index is 11.3. The van der Waals surface area contributed by atoms with Crippen molar-refractivity contribution < 1.29 is 24.2 Å². The molecule has 0 amide bonds. The Hall–Kier alpha value is -2.04. The van der Waals surface area contributed by atoms with Gasteiger partial charge in [-0.05, 0) is 12.5 Å². The van der Waals surface area contributed by atoms with Crippen LogP contribution in [0.25, 0.3) is 0 Å². The minimum atomic E-state index is -1.44. The minimum absolute atomic E-state index is 0.203. The summed E-state index contributed by atoms with van der Waals surface area (Å²) in [6, 6.07) is 5.16. The molecule has 0 saturated carbocycles. The number of unbranched alkanes of at least 4 members (excludes halogenated alkanes) is 3. The van der Waals surface area contributed by atoms with E-state index in [2.05, 4.69) is 6.92 Å². The maximum Gasteiger partial charge on any atom is 0.372 e. The van der Waals surface area contributed by atoms with Gasteiger partial charge in [-0.15, -0.1) is 0 Å². The summed E-state index contributed by atoms with van der Waals surface area (Å²) in [5.41, 5.74) is 0.524. The lowest BCUT2D eigenvalue weighted by molar-refractivity contribution is -0.148. The molecule has 0 radical (unpaired) electrons. The largest absolute Gasteiger partial charge is 0.493 e. The molecular weight excluding hydrogens is 272 g/mol. The van der Waals surface area contributed by atoms with Crippen molar-refractivity contribution in [3.05, 3.63) is 23.8 Å². The minimum Gasteiger partial charge on any atom is -0.493 e. The van der Waals surface area contributed by atoms with Gasteiger partial charge in [-0.3, -0.25) is 4.79 Å². The van der Waals surface area contributed by atoms with Crippen molar-refractivity contribution in [2.75, 3.05) is 13.7 Å². The molecule has 0 spiro atoms. The lowest BCUT2D eigenvalue weighted by atomic mass is 10.1. The molecule has 0 saturated heterocycles. The van der Waals surface area contributed by atoms with Crippen LogP contribution < -0.4 is 9.47 Å². The molecule has 1 N–H and O–H groups in total. The number of carboxylic acid groups (broad SMARTS) is 1. The van der Waals surface area contributed by atoms with Crippen LogP contribution in [0.2, 0.25) is 0 Å². The van der Waals surface area contributed by atoms with Crippen molar-refractivity contribution in [1.29, 1.82) is 0 Å². The summed E-state index contributed by atoms with van der Waals surface area (Å²) in [5.74, 6) is -1.33. The zero-order chi connectivity index (χ0) is 15.7. The number of hydrogen-bond donors (Lipinski definition) is 1. The molecule has 0 aliphatic carbocycles. The molecule has 0 aliphatic rings. The summed E-state index contributed by atoms with van der Waals surface area (Å²) in [6.45, 7) is 2.72. The first-order valence-electron chi connectivity index (χ1n) is 7.15. The fourth-order valence-electron chi connectivity index (χ4n) is 2.01. The number of methoxy groups -OCH3 is 1. The first-order chi connectivity index (χ1) is 10.1. The number of carbonyl (C=O) groups is 2. The molecule has 0 fully saturated rings. The summed E-state index contributed by atoms with van der Waals surface area (Å²) >= 11 is 0. The van der Waals surface area contributed by atoms with E-state index < -0.39 is 11.8 Å². The summed E-state index contributed by atoms with van der Waals surface area (Å²) < 4.78 is 10.9. The maximum atomic E-state index is 11.3. The Balaban J connectivity index is 2.72. The van der Waals surface area contributed by atoms with Crippen molar-refractivity contribution in [3.8, 4) is 11.5 Å². The summed E-state index contributed by atoms with van der Waals surface area (Å²) in [5, 5.41) is 8.68. The number of rotatable bonds is 10. The molecule has 5 nitrogen and oxygen atoms in total. The molecule has 5 heteroatoms. The normalized spacial score (nSPS) is 10.2. The van der Waals surface area contributed by atoms with Gasteiger partial charge in [-0.25, -0.2) is 4.79 Å². The standard InChI is InChI=1S/C16H22O5/c1-3-4-5-6-10-21-14-9-7-8-12(15(14)20-2)11-13(17)16(18)19/h7-9H,3-6,10-11H2,1-2H3,(H,18,19). The van der Waals surface area contributed by atoms with E-state index in [1.165, 1.54) is 13.5 Å². The van der Waals surface area contributed by atoms with Crippen molar-refractivity contribution in [2.24, 2.45) is 0 Å². The van der Waals surface area contributed by atoms with Gasteiger partial charge in [-0.2, -0.15) is 0 Å². The first-order valence-corrected chi connectivity index (χ1v) is 7.15. The highest BCUT2D eigenvalue weighted by molar-refractivity contribution is 6.33. The molecule has 0 aliphatic heterocycles. The molecule has 116 valence electrons. The zero-order valence-electron chi connectivity index (χ0n) is 12.6.